The lowest BCUT2D eigenvalue weighted by molar-refractivity contribution is -0.140. The van der Waals surface area contributed by atoms with Gasteiger partial charge in [0.05, 0.1) is 5.69 Å². The van der Waals surface area contributed by atoms with Crippen molar-refractivity contribution in [2.75, 3.05) is 6.61 Å². The number of aliphatic hydroxyl groups excluding tert-OH is 1. The lowest BCUT2D eigenvalue weighted by atomic mass is 10.1. The standard InChI is InChI=1S/C13H15NO3/c1-3-6-11(9-17-10(2)15)13(16)12-7-4-5-8-14-12/h3-8,13,16H,1,9H2,2H3/b11-6+/t13-/m0/s1. The number of hydrogen-bond donors (Lipinski definition) is 1. The first-order valence-corrected chi connectivity index (χ1v) is 5.19. The first kappa shape index (κ1) is 13.1. The summed E-state index contributed by atoms with van der Waals surface area (Å²) < 4.78 is 4.86. The topological polar surface area (TPSA) is 59.4 Å². The van der Waals surface area contributed by atoms with Gasteiger partial charge in [-0.1, -0.05) is 24.8 Å². The van der Waals surface area contributed by atoms with Gasteiger partial charge in [-0.05, 0) is 12.1 Å². The van der Waals surface area contributed by atoms with Crippen LogP contribution in [0.2, 0.25) is 0 Å². The molecule has 1 heterocycles. The van der Waals surface area contributed by atoms with E-state index in [4.69, 9.17) is 4.74 Å². The van der Waals surface area contributed by atoms with Gasteiger partial charge in [0.2, 0.25) is 0 Å². The smallest absolute Gasteiger partial charge is 0.302 e. The third-order valence-corrected chi connectivity index (χ3v) is 2.09. The Morgan fingerprint density at radius 2 is 2.41 bits per heavy atom. The van der Waals surface area contributed by atoms with Crippen molar-refractivity contribution in [1.82, 2.24) is 4.98 Å². The number of allylic oxidation sites excluding steroid dienone is 2. The summed E-state index contributed by atoms with van der Waals surface area (Å²) in [6, 6.07) is 5.25. The van der Waals surface area contributed by atoms with Gasteiger partial charge in [-0.25, -0.2) is 0 Å². The molecule has 4 nitrogen and oxygen atoms in total. The van der Waals surface area contributed by atoms with Crippen LogP contribution in [0.5, 0.6) is 0 Å². The molecule has 0 aliphatic carbocycles. The van der Waals surface area contributed by atoms with Crippen LogP contribution in [0, 0.1) is 0 Å². The highest BCUT2D eigenvalue weighted by atomic mass is 16.5. The molecule has 0 radical (unpaired) electrons. The van der Waals surface area contributed by atoms with E-state index in [0.717, 1.165) is 0 Å². The normalized spacial score (nSPS) is 12.9. The number of aliphatic hydroxyl groups is 1. The van der Waals surface area contributed by atoms with Crippen LogP contribution in [0.15, 0.2) is 48.7 Å². The van der Waals surface area contributed by atoms with Crippen LogP contribution < -0.4 is 0 Å². The number of esters is 1. The van der Waals surface area contributed by atoms with Crippen molar-refractivity contribution in [3.63, 3.8) is 0 Å². The highest BCUT2D eigenvalue weighted by Crippen LogP contribution is 2.19. The zero-order valence-electron chi connectivity index (χ0n) is 9.67. The van der Waals surface area contributed by atoms with Crippen LogP contribution in [0.1, 0.15) is 18.7 Å². The largest absolute Gasteiger partial charge is 0.461 e. The summed E-state index contributed by atoms with van der Waals surface area (Å²) in [5, 5.41) is 10.1. The van der Waals surface area contributed by atoms with Crippen molar-refractivity contribution in [2.45, 2.75) is 13.0 Å². The predicted molar refractivity (Wildman–Crippen MR) is 64.1 cm³/mol. The Hall–Kier alpha value is -1.94. The molecule has 1 N–H and O–H groups in total. The fourth-order valence-electron chi connectivity index (χ4n) is 1.28. The van der Waals surface area contributed by atoms with E-state index in [9.17, 15) is 9.90 Å². The Morgan fingerprint density at radius 3 is 2.94 bits per heavy atom. The molecule has 0 aliphatic heterocycles. The van der Waals surface area contributed by atoms with Gasteiger partial charge in [-0.2, -0.15) is 0 Å². The summed E-state index contributed by atoms with van der Waals surface area (Å²) in [4.78, 5) is 14.8. The van der Waals surface area contributed by atoms with Crippen LogP contribution in [0.3, 0.4) is 0 Å². The summed E-state index contributed by atoms with van der Waals surface area (Å²) in [6.07, 6.45) is 3.84. The van der Waals surface area contributed by atoms with Crippen molar-refractivity contribution in [3.8, 4) is 0 Å². The van der Waals surface area contributed by atoms with E-state index in [1.807, 2.05) is 0 Å². The van der Waals surface area contributed by atoms with E-state index in [1.54, 1.807) is 30.5 Å². The fourth-order valence-corrected chi connectivity index (χ4v) is 1.28. The number of ether oxygens (including phenoxy) is 1. The molecule has 0 saturated heterocycles. The summed E-state index contributed by atoms with van der Waals surface area (Å²) in [7, 11) is 0. The molecule has 0 unspecified atom stereocenters. The number of carbonyl (C=O) groups is 1. The summed E-state index contributed by atoms with van der Waals surface area (Å²) in [5.41, 5.74) is 1.04. The van der Waals surface area contributed by atoms with Crippen molar-refractivity contribution >= 4 is 5.97 Å². The minimum atomic E-state index is -0.895. The number of hydrogen-bond acceptors (Lipinski definition) is 4. The Kier molecular flexibility index (Phi) is 5.10. The maximum absolute atomic E-state index is 10.7. The zero-order valence-corrected chi connectivity index (χ0v) is 9.67. The molecule has 0 bridgehead atoms. The highest BCUT2D eigenvalue weighted by molar-refractivity contribution is 5.66. The second-order valence-electron chi connectivity index (χ2n) is 3.41. The Labute approximate surface area is 100 Å². The second kappa shape index (κ2) is 6.60. The van der Waals surface area contributed by atoms with Gasteiger partial charge >= 0.3 is 5.97 Å². The van der Waals surface area contributed by atoms with E-state index in [0.29, 0.717) is 11.3 Å². The predicted octanol–water partition coefficient (Wildman–Crippen LogP) is 1.79. The molecular formula is C13H15NO3. The molecule has 0 amide bonds. The van der Waals surface area contributed by atoms with E-state index in [2.05, 4.69) is 11.6 Å². The number of rotatable bonds is 5. The van der Waals surface area contributed by atoms with E-state index < -0.39 is 12.1 Å². The Morgan fingerprint density at radius 1 is 1.65 bits per heavy atom. The van der Waals surface area contributed by atoms with Crippen LogP contribution in [0.25, 0.3) is 0 Å². The molecule has 17 heavy (non-hydrogen) atoms. The van der Waals surface area contributed by atoms with Crippen LogP contribution in [-0.2, 0) is 9.53 Å². The van der Waals surface area contributed by atoms with Crippen molar-refractivity contribution in [2.24, 2.45) is 0 Å². The number of carbonyl (C=O) groups excluding carboxylic acids is 1. The third-order valence-electron chi connectivity index (χ3n) is 2.09. The number of nitrogens with zero attached hydrogens (tertiary/aromatic N) is 1. The van der Waals surface area contributed by atoms with Crippen molar-refractivity contribution in [1.29, 1.82) is 0 Å². The maximum atomic E-state index is 10.7. The average Bonchev–Trinajstić information content (AvgIpc) is 2.34. The Bertz CT molecular complexity index is 412. The molecule has 1 atom stereocenters. The van der Waals surface area contributed by atoms with E-state index in [-0.39, 0.29) is 6.61 Å². The monoisotopic (exact) mass is 233 g/mol. The van der Waals surface area contributed by atoms with Crippen LogP contribution >= 0.6 is 0 Å². The van der Waals surface area contributed by atoms with Crippen molar-refractivity contribution < 1.29 is 14.6 Å². The first-order chi connectivity index (χ1) is 8.15. The highest BCUT2D eigenvalue weighted by Gasteiger charge is 2.14. The molecular weight excluding hydrogens is 218 g/mol. The Balaban J connectivity index is 2.81. The molecule has 4 heteroatoms. The molecule has 0 aromatic carbocycles. The number of aromatic nitrogens is 1. The molecule has 1 rings (SSSR count). The zero-order chi connectivity index (χ0) is 12.7. The molecule has 0 aliphatic rings. The number of pyridine rings is 1. The lowest BCUT2D eigenvalue weighted by Gasteiger charge is -2.14. The third kappa shape index (κ3) is 4.20. The minimum absolute atomic E-state index is 0.0269. The van der Waals surface area contributed by atoms with Crippen molar-refractivity contribution in [3.05, 3.63) is 54.4 Å². The van der Waals surface area contributed by atoms with Crippen LogP contribution in [0.4, 0.5) is 0 Å². The first-order valence-electron chi connectivity index (χ1n) is 5.19. The summed E-state index contributed by atoms with van der Waals surface area (Å²) >= 11 is 0. The van der Waals surface area contributed by atoms with Crippen LogP contribution in [-0.4, -0.2) is 22.7 Å². The van der Waals surface area contributed by atoms with Gasteiger partial charge in [-0.15, -0.1) is 0 Å². The molecule has 90 valence electrons. The molecule has 1 aromatic rings. The summed E-state index contributed by atoms with van der Waals surface area (Å²) in [5.74, 6) is -0.395. The van der Waals surface area contributed by atoms with Gasteiger partial charge in [0.1, 0.15) is 12.7 Å². The SMILES string of the molecule is C=C/C=C(\COC(C)=O)[C@H](O)c1ccccn1. The van der Waals surface area contributed by atoms with Gasteiger partial charge in [0.15, 0.2) is 0 Å². The van der Waals surface area contributed by atoms with Gasteiger partial charge in [0.25, 0.3) is 0 Å². The van der Waals surface area contributed by atoms with Gasteiger partial charge < -0.3 is 9.84 Å². The molecule has 0 fully saturated rings. The molecule has 0 saturated carbocycles. The average molecular weight is 233 g/mol. The lowest BCUT2D eigenvalue weighted by Crippen LogP contribution is -2.11. The molecule has 1 aromatic heterocycles. The summed E-state index contributed by atoms with van der Waals surface area (Å²) in [6.45, 7) is 4.90. The second-order valence-corrected chi connectivity index (χ2v) is 3.41. The van der Waals surface area contributed by atoms with E-state index >= 15 is 0 Å². The fraction of sp³-hybridized carbons (Fsp3) is 0.231. The van der Waals surface area contributed by atoms with Gasteiger partial charge in [-0.3, -0.25) is 9.78 Å². The minimum Gasteiger partial charge on any atom is -0.461 e. The van der Waals surface area contributed by atoms with E-state index in [1.165, 1.54) is 13.0 Å². The van der Waals surface area contributed by atoms with Gasteiger partial charge in [0, 0.05) is 18.7 Å². The maximum Gasteiger partial charge on any atom is 0.302 e. The molecule has 0 spiro atoms. The quantitative estimate of drug-likeness (QED) is 0.622.